The molecule has 50 heavy (non-hydrogen) atoms. The Morgan fingerprint density at radius 3 is 2.34 bits per heavy atom. The lowest BCUT2D eigenvalue weighted by Crippen LogP contribution is -2.55. The van der Waals surface area contributed by atoms with Gasteiger partial charge in [-0.05, 0) is 63.4 Å². The van der Waals surface area contributed by atoms with E-state index in [9.17, 15) is 24.0 Å². The molecule has 1 aliphatic rings. The number of fused-ring (bicyclic) bond motifs is 1. The molecule has 0 fully saturated rings. The van der Waals surface area contributed by atoms with Gasteiger partial charge in [0.25, 0.3) is 5.91 Å². The Balaban J connectivity index is 1.90. The molecule has 0 aliphatic carbocycles. The van der Waals surface area contributed by atoms with Crippen LogP contribution in [0.25, 0.3) is 0 Å². The van der Waals surface area contributed by atoms with E-state index in [1.807, 2.05) is 63.2 Å². The average Bonchev–Trinajstić information content (AvgIpc) is 3.08. The number of ether oxygens (including phenoxy) is 1. The highest BCUT2D eigenvalue weighted by molar-refractivity contribution is 6.00. The van der Waals surface area contributed by atoms with Crippen LogP contribution < -0.4 is 26.0 Å². The molecule has 0 radical (unpaired) electrons. The molecule has 2 aromatic rings. The fourth-order valence-corrected chi connectivity index (χ4v) is 5.74. The van der Waals surface area contributed by atoms with Crippen LogP contribution in [0.5, 0.6) is 5.75 Å². The number of rotatable bonds is 8. The van der Waals surface area contributed by atoms with Gasteiger partial charge in [-0.1, -0.05) is 69.2 Å². The van der Waals surface area contributed by atoms with Gasteiger partial charge in [-0.25, -0.2) is 0 Å². The molecule has 0 saturated heterocycles. The second kappa shape index (κ2) is 20.9. The Bertz CT molecular complexity index is 1400. The Labute approximate surface area is 297 Å². The Kier molecular flexibility index (Phi) is 16.7. The lowest BCUT2D eigenvalue weighted by molar-refractivity contribution is -0.137. The molecule has 0 aromatic heterocycles. The van der Waals surface area contributed by atoms with Crippen molar-refractivity contribution in [3.8, 4) is 5.75 Å². The smallest absolute Gasteiger partial charge is 0.255 e. The largest absolute Gasteiger partial charge is 0.493 e. The normalized spacial score (nSPS) is 20.8. The number of nitrogens with zero attached hydrogens (tertiary/aromatic N) is 2. The summed E-state index contributed by atoms with van der Waals surface area (Å²) in [7, 11) is 5.53. The van der Waals surface area contributed by atoms with Gasteiger partial charge in [0.2, 0.25) is 23.6 Å². The van der Waals surface area contributed by atoms with Crippen LogP contribution in [0.3, 0.4) is 0 Å². The average molecular weight is 693 g/mol. The third-order valence-corrected chi connectivity index (χ3v) is 8.55. The summed E-state index contributed by atoms with van der Waals surface area (Å²) in [5.74, 6) is -1.44. The predicted octanol–water partition coefficient (Wildman–Crippen LogP) is 2.91. The molecule has 1 heterocycles. The van der Waals surface area contributed by atoms with Crippen molar-refractivity contribution in [3.05, 3.63) is 65.7 Å². The molecule has 3 rings (SSSR count). The van der Waals surface area contributed by atoms with Crippen LogP contribution in [0.2, 0.25) is 0 Å². The van der Waals surface area contributed by atoms with Crippen LogP contribution >= 0.6 is 0 Å². The monoisotopic (exact) mass is 692 g/mol. The van der Waals surface area contributed by atoms with Gasteiger partial charge in [0.15, 0.2) is 0 Å². The van der Waals surface area contributed by atoms with Crippen molar-refractivity contribution in [2.75, 3.05) is 47.4 Å². The fourth-order valence-electron chi connectivity index (χ4n) is 5.74. The first-order valence-electron chi connectivity index (χ1n) is 17.8. The third kappa shape index (κ3) is 13.8. The summed E-state index contributed by atoms with van der Waals surface area (Å²) in [6, 6.07) is 13.5. The minimum atomic E-state index is -1.02. The number of carbonyl (C=O) groups is 5. The van der Waals surface area contributed by atoms with E-state index >= 15 is 0 Å². The molecule has 0 spiro atoms. The summed E-state index contributed by atoms with van der Waals surface area (Å²) in [5.41, 5.74) is 1.13. The summed E-state index contributed by atoms with van der Waals surface area (Å²) >= 11 is 0. The first-order valence-corrected chi connectivity index (χ1v) is 17.8. The van der Waals surface area contributed by atoms with E-state index in [-0.39, 0.29) is 31.1 Å². The molecule has 4 N–H and O–H groups in total. The molecular formula is C38H56N6O6. The maximum absolute atomic E-state index is 13.8. The topological polar surface area (TPSA) is 149 Å². The van der Waals surface area contributed by atoms with Crippen molar-refractivity contribution in [2.24, 2.45) is 5.92 Å². The number of nitrogens with one attached hydrogen (secondary N) is 4. The van der Waals surface area contributed by atoms with Crippen molar-refractivity contribution >= 4 is 29.5 Å². The summed E-state index contributed by atoms with van der Waals surface area (Å²) in [6.45, 7) is 5.89. The van der Waals surface area contributed by atoms with Crippen molar-refractivity contribution < 1.29 is 28.7 Å². The van der Waals surface area contributed by atoms with E-state index in [0.29, 0.717) is 44.0 Å². The van der Waals surface area contributed by atoms with E-state index in [0.717, 1.165) is 31.2 Å². The molecule has 274 valence electrons. The predicted molar refractivity (Wildman–Crippen MR) is 194 cm³/mol. The number of para-hydroxylation sites is 1. The van der Waals surface area contributed by atoms with Gasteiger partial charge in [-0.3, -0.25) is 24.0 Å². The molecule has 1 aliphatic heterocycles. The summed E-state index contributed by atoms with van der Waals surface area (Å²) in [6.07, 6.45) is 3.80. The lowest BCUT2D eigenvalue weighted by atomic mass is 10.0. The molecule has 12 nitrogen and oxygen atoms in total. The summed E-state index contributed by atoms with van der Waals surface area (Å²) in [5, 5.41) is 11.5. The van der Waals surface area contributed by atoms with Gasteiger partial charge in [0.05, 0.1) is 12.2 Å². The molecule has 12 heteroatoms. The molecule has 0 saturated carbocycles. The second-order valence-electron chi connectivity index (χ2n) is 13.7. The first kappa shape index (κ1) is 40.0. The van der Waals surface area contributed by atoms with E-state index in [1.165, 1.54) is 0 Å². The summed E-state index contributed by atoms with van der Waals surface area (Å²) in [4.78, 5) is 71.3. The van der Waals surface area contributed by atoms with Crippen molar-refractivity contribution in [1.82, 2.24) is 31.1 Å². The first-order chi connectivity index (χ1) is 23.9. The van der Waals surface area contributed by atoms with Crippen LogP contribution in [0.15, 0.2) is 54.6 Å². The lowest BCUT2D eigenvalue weighted by Gasteiger charge is -2.28. The number of hydrogen-bond donors (Lipinski definition) is 4. The van der Waals surface area contributed by atoms with E-state index in [2.05, 4.69) is 21.3 Å². The Hall–Kier alpha value is -4.45. The van der Waals surface area contributed by atoms with Gasteiger partial charge in [0.1, 0.15) is 23.9 Å². The minimum Gasteiger partial charge on any atom is -0.493 e. The molecule has 0 bridgehead atoms. The van der Waals surface area contributed by atoms with Gasteiger partial charge < -0.3 is 35.8 Å². The maximum atomic E-state index is 13.8. The van der Waals surface area contributed by atoms with Crippen molar-refractivity contribution in [3.63, 3.8) is 0 Å². The van der Waals surface area contributed by atoms with Crippen LogP contribution in [0.4, 0.5) is 0 Å². The Morgan fingerprint density at radius 1 is 0.920 bits per heavy atom. The van der Waals surface area contributed by atoms with Crippen LogP contribution in [0, 0.1) is 5.92 Å². The van der Waals surface area contributed by atoms with Gasteiger partial charge in [-0.15, -0.1) is 0 Å². The minimum absolute atomic E-state index is 0.00662. The van der Waals surface area contributed by atoms with Gasteiger partial charge in [0, 0.05) is 39.5 Å². The Morgan fingerprint density at radius 2 is 1.62 bits per heavy atom. The SMILES string of the molecule is CC(C)C[C@@H]1NC(=O)[C@H](Cc2ccccc2)NC(=O)CC[C@@H](C(=O)NCCN(C)C)NC(=O)c2ccccc2OCCCCCCN(C)C1=O. The zero-order valence-electron chi connectivity index (χ0n) is 30.3. The third-order valence-electron chi connectivity index (χ3n) is 8.55. The molecule has 2 aromatic carbocycles. The van der Waals surface area contributed by atoms with Crippen LogP contribution in [0.1, 0.15) is 74.7 Å². The number of benzene rings is 2. The van der Waals surface area contributed by atoms with Gasteiger partial charge in [-0.2, -0.15) is 0 Å². The summed E-state index contributed by atoms with van der Waals surface area (Å²) < 4.78 is 6.00. The van der Waals surface area contributed by atoms with E-state index in [1.54, 1.807) is 36.2 Å². The highest BCUT2D eigenvalue weighted by Crippen LogP contribution is 2.19. The van der Waals surface area contributed by atoms with Crippen molar-refractivity contribution in [2.45, 2.75) is 83.3 Å². The highest BCUT2D eigenvalue weighted by Gasteiger charge is 2.30. The molecule has 3 atom stereocenters. The molecule has 5 amide bonds. The number of likely N-dealkylation sites (N-methyl/N-ethyl adjacent to an activating group) is 2. The fraction of sp³-hybridized carbons (Fsp3) is 0.553. The van der Waals surface area contributed by atoms with Crippen LogP contribution in [-0.2, 0) is 25.6 Å². The zero-order valence-corrected chi connectivity index (χ0v) is 30.3. The van der Waals surface area contributed by atoms with Crippen LogP contribution in [-0.4, -0.2) is 105 Å². The van der Waals surface area contributed by atoms with Gasteiger partial charge >= 0.3 is 0 Å². The number of hydrogen-bond acceptors (Lipinski definition) is 7. The molecular weight excluding hydrogens is 636 g/mol. The molecule has 0 unspecified atom stereocenters. The second-order valence-corrected chi connectivity index (χ2v) is 13.7. The maximum Gasteiger partial charge on any atom is 0.255 e. The standard InChI is InChI=1S/C38H56N6O6/c1-27(2)25-32-38(49)44(5)22-13-6-7-14-24-50-33-18-12-11-17-29(33)35(46)41-30(36(47)39-21-23-43(3)4)19-20-34(45)40-31(37(48)42-32)26-28-15-9-8-10-16-28/h8-12,15-18,27,30-32H,6-7,13-14,19-26H2,1-5H3,(H,39,47)(H,40,45)(H,41,46)(H,42,48)/t30-,31-,32-/m0/s1. The quantitative estimate of drug-likeness (QED) is 0.333. The van der Waals surface area contributed by atoms with E-state index in [4.69, 9.17) is 4.74 Å². The number of carbonyl (C=O) groups excluding carboxylic acids is 5. The zero-order chi connectivity index (χ0) is 36.5. The van der Waals surface area contributed by atoms with E-state index < -0.39 is 41.8 Å². The highest BCUT2D eigenvalue weighted by atomic mass is 16.5. The number of amides is 5. The van der Waals surface area contributed by atoms with Crippen molar-refractivity contribution in [1.29, 1.82) is 0 Å².